The summed E-state index contributed by atoms with van der Waals surface area (Å²) >= 11 is 0. The van der Waals surface area contributed by atoms with Gasteiger partial charge in [-0.25, -0.2) is 0 Å². The first kappa shape index (κ1) is 14.9. The van der Waals surface area contributed by atoms with Crippen molar-refractivity contribution >= 4 is 0 Å². The zero-order valence-corrected chi connectivity index (χ0v) is 11.2. The van der Waals surface area contributed by atoms with Crippen LogP contribution in [0.4, 0.5) is 0 Å². The molecule has 0 saturated heterocycles. The number of hydrogen-bond acceptors (Lipinski definition) is 3. The number of nitrogens with one attached hydrogen (secondary N) is 1. The second kappa shape index (κ2) is 8.86. The van der Waals surface area contributed by atoms with Crippen LogP contribution in [0.2, 0.25) is 0 Å². The van der Waals surface area contributed by atoms with Gasteiger partial charge in [0.1, 0.15) is 0 Å². The average Bonchev–Trinajstić information content (AvgIpc) is 2.36. The number of ether oxygens (including phenoxy) is 1. The van der Waals surface area contributed by atoms with E-state index in [0.717, 1.165) is 12.1 Å². The summed E-state index contributed by atoms with van der Waals surface area (Å²) in [6.45, 7) is 6.36. The van der Waals surface area contributed by atoms with Crippen molar-refractivity contribution in [1.29, 1.82) is 0 Å². The molecule has 0 bridgehead atoms. The van der Waals surface area contributed by atoms with Crippen LogP contribution in [0.15, 0.2) is 42.0 Å². The third-order valence-electron chi connectivity index (χ3n) is 2.46. The van der Waals surface area contributed by atoms with Crippen LogP contribution in [0.1, 0.15) is 19.4 Å². The first-order valence-electron chi connectivity index (χ1n) is 6.32. The third-order valence-corrected chi connectivity index (χ3v) is 2.46. The van der Waals surface area contributed by atoms with E-state index >= 15 is 0 Å². The van der Waals surface area contributed by atoms with Gasteiger partial charge in [0, 0.05) is 13.1 Å². The van der Waals surface area contributed by atoms with Crippen molar-refractivity contribution in [2.75, 3.05) is 19.7 Å². The number of rotatable bonds is 8. The Morgan fingerprint density at radius 3 is 2.72 bits per heavy atom. The third kappa shape index (κ3) is 7.22. The van der Waals surface area contributed by atoms with Gasteiger partial charge in [0.2, 0.25) is 0 Å². The topological polar surface area (TPSA) is 41.5 Å². The largest absolute Gasteiger partial charge is 0.389 e. The van der Waals surface area contributed by atoms with Crippen molar-refractivity contribution in [3.63, 3.8) is 0 Å². The highest BCUT2D eigenvalue weighted by Gasteiger charge is 2.03. The Morgan fingerprint density at radius 1 is 1.33 bits per heavy atom. The molecular formula is C15H23NO2. The lowest BCUT2D eigenvalue weighted by molar-refractivity contribution is 0.0293. The van der Waals surface area contributed by atoms with E-state index in [4.69, 9.17) is 4.74 Å². The van der Waals surface area contributed by atoms with Crippen molar-refractivity contribution in [3.8, 4) is 0 Å². The Hall–Kier alpha value is -1.16. The maximum absolute atomic E-state index is 9.68. The molecule has 0 radical (unpaired) electrons. The summed E-state index contributed by atoms with van der Waals surface area (Å²) in [6, 6.07) is 9.97. The number of aliphatic hydroxyl groups excluding tert-OH is 1. The SMILES string of the molecule is CC(C)=CCNCC(O)COCc1ccccc1. The van der Waals surface area contributed by atoms with Crippen molar-refractivity contribution < 1.29 is 9.84 Å². The quantitative estimate of drug-likeness (QED) is 0.548. The van der Waals surface area contributed by atoms with Gasteiger partial charge in [-0.2, -0.15) is 0 Å². The second-order valence-corrected chi connectivity index (χ2v) is 4.59. The Bertz CT molecular complexity index is 345. The smallest absolute Gasteiger partial charge is 0.0897 e. The van der Waals surface area contributed by atoms with Crippen molar-refractivity contribution in [1.82, 2.24) is 5.32 Å². The molecule has 0 spiro atoms. The van der Waals surface area contributed by atoms with Crippen LogP contribution in [-0.2, 0) is 11.3 Å². The molecule has 3 nitrogen and oxygen atoms in total. The van der Waals surface area contributed by atoms with E-state index in [2.05, 4.69) is 25.2 Å². The number of aliphatic hydroxyl groups is 1. The second-order valence-electron chi connectivity index (χ2n) is 4.59. The van der Waals surface area contributed by atoms with E-state index in [-0.39, 0.29) is 0 Å². The molecule has 0 fully saturated rings. The first-order chi connectivity index (χ1) is 8.68. The minimum Gasteiger partial charge on any atom is -0.389 e. The summed E-state index contributed by atoms with van der Waals surface area (Å²) in [5, 5.41) is 12.8. The fraction of sp³-hybridized carbons (Fsp3) is 0.467. The fourth-order valence-electron chi connectivity index (χ4n) is 1.47. The molecule has 1 aromatic rings. The summed E-state index contributed by atoms with van der Waals surface area (Å²) in [5.74, 6) is 0. The zero-order valence-electron chi connectivity index (χ0n) is 11.2. The molecule has 3 heteroatoms. The molecule has 1 aromatic carbocycles. The lowest BCUT2D eigenvalue weighted by atomic mass is 10.2. The highest BCUT2D eigenvalue weighted by atomic mass is 16.5. The number of benzene rings is 1. The molecule has 0 saturated carbocycles. The lowest BCUT2D eigenvalue weighted by Gasteiger charge is -2.11. The van der Waals surface area contributed by atoms with Gasteiger partial charge in [-0.15, -0.1) is 0 Å². The highest BCUT2D eigenvalue weighted by Crippen LogP contribution is 2.00. The van der Waals surface area contributed by atoms with E-state index in [0.29, 0.717) is 19.8 Å². The van der Waals surface area contributed by atoms with Crippen LogP contribution in [0.5, 0.6) is 0 Å². The van der Waals surface area contributed by atoms with E-state index in [1.165, 1.54) is 5.57 Å². The summed E-state index contributed by atoms with van der Waals surface area (Å²) in [5.41, 5.74) is 2.40. The maximum Gasteiger partial charge on any atom is 0.0897 e. The van der Waals surface area contributed by atoms with Crippen LogP contribution in [0.25, 0.3) is 0 Å². The van der Waals surface area contributed by atoms with Crippen LogP contribution >= 0.6 is 0 Å². The molecule has 0 heterocycles. The Labute approximate surface area is 109 Å². The number of allylic oxidation sites excluding steroid dienone is 1. The van der Waals surface area contributed by atoms with Crippen molar-refractivity contribution in [2.45, 2.75) is 26.6 Å². The molecule has 0 aliphatic rings. The van der Waals surface area contributed by atoms with Crippen LogP contribution in [0.3, 0.4) is 0 Å². The summed E-state index contributed by atoms with van der Waals surface area (Å²) in [4.78, 5) is 0. The monoisotopic (exact) mass is 249 g/mol. The molecule has 1 rings (SSSR count). The maximum atomic E-state index is 9.68. The molecule has 1 atom stereocenters. The predicted molar refractivity (Wildman–Crippen MR) is 74.4 cm³/mol. The fourth-order valence-corrected chi connectivity index (χ4v) is 1.47. The summed E-state index contributed by atoms with van der Waals surface area (Å²) in [7, 11) is 0. The minimum atomic E-state index is -0.459. The van der Waals surface area contributed by atoms with Gasteiger partial charge in [0.25, 0.3) is 0 Å². The molecule has 1 unspecified atom stereocenters. The molecule has 0 amide bonds. The van der Waals surface area contributed by atoms with E-state index in [9.17, 15) is 5.11 Å². The Balaban J connectivity index is 2.07. The summed E-state index contributed by atoms with van der Waals surface area (Å²) in [6.07, 6.45) is 1.64. The predicted octanol–water partition coefficient (Wildman–Crippen LogP) is 2.12. The van der Waals surface area contributed by atoms with Crippen LogP contribution in [-0.4, -0.2) is 30.9 Å². The lowest BCUT2D eigenvalue weighted by Crippen LogP contribution is -2.30. The Kier molecular flexibility index (Phi) is 7.34. The molecule has 0 aliphatic heterocycles. The van der Waals surface area contributed by atoms with E-state index in [1.54, 1.807) is 0 Å². The van der Waals surface area contributed by atoms with Gasteiger partial charge in [0.15, 0.2) is 0 Å². The van der Waals surface area contributed by atoms with E-state index in [1.807, 2.05) is 30.3 Å². The summed E-state index contributed by atoms with van der Waals surface area (Å²) < 4.78 is 5.45. The van der Waals surface area contributed by atoms with Gasteiger partial charge in [-0.3, -0.25) is 0 Å². The number of hydrogen-bond donors (Lipinski definition) is 2. The Morgan fingerprint density at radius 2 is 2.06 bits per heavy atom. The molecule has 0 aromatic heterocycles. The van der Waals surface area contributed by atoms with Gasteiger partial charge in [-0.1, -0.05) is 42.0 Å². The van der Waals surface area contributed by atoms with Crippen molar-refractivity contribution in [2.24, 2.45) is 0 Å². The first-order valence-corrected chi connectivity index (χ1v) is 6.32. The molecular weight excluding hydrogens is 226 g/mol. The van der Waals surface area contributed by atoms with Gasteiger partial charge >= 0.3 is 0 Å². The van der Waals surface area contributed by atoms with Crippen molar-refractivity contribution in [3.05, 3.63) is 47.5 Å². The molecule has 100 valence electrons. The molecule has 0 aliphatic carbocycles. The van der Waals surface area contributed by atoms with Crippen LogP contribution < -0.4 is 5.32 Å². The van der Waals surface area contributed by atoms with E-state index < -0.39 is 6.10 Å². The average molecular weight is 249 g/mol. The van der Waals surface area contributed by atoms with Gasteiger partial charge in [0.05, 0.1) is 19.3 Å². The van der Waals surface area contributed by atoms with Gasteiger partial charge in [-0.05, 0) is 19.4 Å². The zero-order chi connectivity index (χ0) is 13.2. The standard InChI is InChI=1S/C15H23NO2/c1-13(2)8-9-16-10-15(17)12-18-11-14-6-4-3-5-7-14/h3-8,15-17H,9-12H2,1-2H3. The van der Waals surface area contributed by atoms with Gasteiger partial charge < -0.3 is 15.2 Å². The highest BCUT2D eigenvalue weighted by molar-refractivity contribution is 5.13. The molecule has 2 N–H and O–H groups in total. The minimum absolute atomic E-state index is 0.358. The van der Waals surface area contributed by atoms with Crippen LogP contribution in [0, 0.1) is 0 Å². The molecule has 18 heavy (non-hydrogen) atoms. The normalized spacial score (nSPS) is 12.2.